The summed E-state index contributed by atoms with van der Waals surface area (Å²) in [5.74, 6) is 0.929. The Morgan fingerprint density at radius 2 is 2.10 bits per heavy atom. The molecule has 104 valence electrons. The molecular weight excluding hydrogens is 250 g/mol. The highest BCUT2D eigenvalue weighted by molar-refractivity contribution is 5.81. The first-order valence-electron chi connectivity index (χ1n) is 6.79. The van der Waals surface area contributed by atoms with Crippen molar-refractivity contribution in [2.24, 2.45) is 12.8 Å². The third-order valence-electron chi connectivity index (χ3n) is 3.68. The first-order valence-corrected chi connectivity index (χ1v) is 6.79. The minimum absolute atomic E-state index is 0.637. The highest BCUT2D eigenvalue weighted by atomic mass is 15.3. The van der Waals surface area contributed by atoms with Crippen LogP contribution in [0.1, 0.15) is 17.1 Å². The maximum absolute atomic E-state index is 5.67. The Hall–Kier alpha value is -2.14. The van der Waals surface area contributed by atoms with Gasteiger partial charge in [-0.25, -0.2) is 4.98 Å². The van der Waals surface area contributed by atoms with Crippen molar-refractivity contribution < 1.29 is 0 Å². The average molecular weight is 269 g/mol. The summed E-state index contributed by atoms with van der Waals surface area (Å²) in [5, 5.41) is 4.64. The van der Waals surface area contributed by atoms with Crippen molar-refractivity contribution in [3.63, 3.8) is 0 Å². The SMILES string of the molecule is Cc1nc2ccc(-c3nn(C)c(CCN)c3C)cc2[nH]1. The van der Waals surface area contributed by atoms with Crippen LogP contribution in [-0.4, -0.2) is 26.3 Å². The molecule has 0 aliphatic carbocycles. The van der Waals surface area contributed by atoms with Crippen molar-refractivity contribution in [2.75, 3.05) is 6.54 Å². The highest BCUT2D eigenvalue weighted by Gasteiger charge is 2.14. The molecule has 0 aliphatic heterocycles. The molecule has 0 atom stereocenters. The number of benzene rings is 1. The van der Waals surface area contributed by atoms with E-state index in [1.807, 2.05) is 24.7 Å². The molecule has 5 nitrogen and oxygen atoms in total. The van der Waals surface area contributed by atoms with Gasteiger partial charge in [0.2, 0.25) is 0 Å². The van der Waals surface area contributed by atoms with Gasteiger partial charge in [0.15, 0.2) is 0 Å². The van der Waals surface area contributed by atoms with Crippen molar-refractivity contribution in [2.45, 2.75) is 20.3 Å². The first-order chi connectivity index (χ1) is 9.60. The summed E-state index contributed by atoms with van der Waals surface area (Å²) in [7, 11) is 1.97. The lowest BCUT2D eigenvalue weighted by Gasteiger charge is -2.01. The van der Waals surface area contributed by atoms with E-state index in [1.165, 1.54) is 11.3 Å². The fraction of sp³-hybridized carbons (Fsp3) is 0.333. The average Bonchev–Trinajstić information content (AvgIpc) is 2.91. The Labute approximate surface area is 117 Å². The van der Waals surface area contributed by atoms with E-state index in [2.05, 4.69) is 34.1 Å². The third kappa shape index (κ3) is 2.00. The van der Waals surface area contributed by atoms with Crippen LogP contribution in [-0.2, 0) is 13.5 Å². The van der Waals surface area contributed by atoms with Crippen molar-refractivity contribution in [1.29, 1.82) is 0 Å². The number of aromatic nitrogens is 4. The summed E-state index contributed by atoms with van der Waals surface area (Å²) in [6.07, 6.45) is 0.848. The minimum Gasteiger partial charge on any atom is -0.342 e. The Kier molecular flexibility index (Phi) is 3.06. The lowest BCUT2D eigenvalue weighted by Crippen LogP contribution is -2.08. The van der Waals surface area contributed by atoms with E-state index >= 15 is 0 Å². The molecule has 20 heavy (non-hydrogen) atoms. The van der Waals surface area contributed by atoms with Crippen LogP contribution >= 0.6 is 0 Å². The molecule has 0 amide bonds. The van der Waals surface area contributed by atoms with Crippen LogP contribution in [0.5, 0.6) is 0 Å². The summed E-state index contributed by atoms with van der Waals surface area (Å²) in [6, 6.07) is 6.21. The predicted molar refractivity (Wildman–Crippen MR) is 80.5 cm³/mol. The van der Waals surface area contributed by atoms with Crippen LogP contribution < -0.4 is 5.73 Å². The van der Waals surface area contributed by atoms with Crippen LogP contribution in [0.15, 0.2) is 18.2 Å². The van der Waals surface area contributed by atoms with Crippen LogP contribution in [0.25, 0.3) is 22.3 Å². The van der Waals surface area contributed by atoms with Gasteiger partial charge in [-0.3, -0.25) is 4.68 Å². The zero-order chi connectivity index (χ0) is 14.3. The van der Waals surface area contributed by atoms with Crippen molar-refractivity contribution in [3.8, 4) is 11.3 Å². The summed E-state index contributed by atoms with van der Waals surface area (Å²) in [4.78, 5) is 7.69. The fourth-order valence-corrected chi connectivity index (χ4v) is 2.71. The van der Waals surface area contributed by atoms with Crippen LogP contribution in [0.4, 0.5) is 0 Å². The number of H-pyrrole nitrogens is 1. The molecule has 0 saturated carbocycles. The predicted octanol–water partition coefficient (Wildman–Crippen LogP) is 2.08. The molecule has 5 heteroatoms. The lowest BCUT2D eigenvalue weighted by atomic mass is 10.1. The summed E-state index contributed by atoms with van der Waals surface area (Å²) in [6.45, 7) is 4.71. The highest BCUT2D eigenvalue weighted by Crippen LogP contribution is 2.27. The Morgan fingerprint density at radius 1 is 1.30 bits per heavy atom. The number of hydrogen-bond donors (Lipinski definition) is 2. The maximum Gasteiger partial charge on any atom is 0.104 e. The molecule has 3 aromatic rings. The number of nitrogens with two attached hydrogens (primary N) is 1. The van der Waals surface area contributed by atoms with Gasteiger partial charge in [-0.15, -0.1) is 0 Å². The lowest BCUT2D eigenvalue weighted by molar-refractivity contribution is 0.706. The van der Waals surface area contributed by atoms with Crippen molar-refractivity contribution >= 4 is 11.0 Å². The summed E-state index contributed by atoms with van der Waals surface area (Å²) in [5.41, 5.74) is 12.2. The molecular formula is C15H19N5. The number of fused-ring (bicyclic) bond motifs is 1. The van der Waals surface area contributed by atoms with E-state index in [0.717, 1.165) is 34.5 Å². The first kappa shape index (κ1) is 12.9. The van der Waals surface area contributed by atoms with E-state index in [-0.39, 0.29) is 0 Å². The van der Waals surface area contributed by atoms with Gasteiger partial charge in [-0.1, -0.05) is 6.07 Å². The van der Waals surface area contributed by atoms with Gasteiger partial charge < -0.3 is 10.7 Å². The molecule has 1 aromatic carbocycles. The number of nitrogens with zero attached hydrogens (tertiary/aromatic N) is 3. The largest absolute Gasteiger partial charge is 0.342 e. The third-order valence-corrected chi connectivity index (χ3v) is 3.68. The smallest absolute Gasteiger partial charge is 0.104 e. The zero-order valence-corrected chi connectivity index (χ0v) is 12.1. The molecule has 0 saturated heterocycles. The molecule has 2 aromatic heterocycles. The van der Waals surface area contributed by atoms with Crippen LogP contribution in [0.3, 0.4) is 0 Å². The van der Waals surface area contributed by atoms with E-state index in [4.69, 9.17) is 5.73 Å². The second-order valence-corrected chi connectivity index (χ2v) is 5.14. The topological polar surface area (TPSA) is 72.5 Å². The number of rotatable bonds is 3. The number of hydrogen-bond acceptors (Lipinski definition) is 3. The van der Waals surface area contributed by atoms with Crippen LogP contribution in [0.2, 0.25) is 0 Å². The molecule has 0 bridgehead atoms. The number of aromatic amines is 1. The molecule has 0 aliphatic rings. The number of aryl methyl sites for hydroxylation is 2. The maximum atomic E-state index is 5.67. The van der Waals surface area contributed by atoms with Crippen LogP contribution in [0, 0.1) is 13.8 Å². The van der Waals surface area contributed by atoms with Crippen molar-refractivity contribution in [1.82, 2.24) is 19.7 Å². The monoisotopic (exact) mass is 269 g/mol. The second-order valence-electron chi connectivity index (χ2n) is 5.14. The second kappa shape index (κ2) is 4.76. The fourth-order valence-electron chi connectivity index (χ4n) is 2.71. The Bertz CT molecular complexity index is 766. The molecule has 3 rings (SSSR count). The van der Waals surface area contributed by atoms with Gasteiger partial charge in [0.05, 0.1) is 16.7 Å². The molecule has 3 N–H and O–H groups in total. The van der Waals surface area contributed by atoms with Crippen molar-refractivity contribution in [3.05, 3.63) is 35.3 Å². The van der Waals surface area contributed by atoms with E-state index < -0.39 is 0 Å². The standard InChI is InChI=1S/C15H19N5/c1-9-14(6-7-16)20(3)19-15(9)11-4-5-12-13(8-11)18-10(2)17-12/h4-5,8H,6-7,16H2,1-3H3,(H,17,18). The summed E-state index contributed by atoms with van der Waals surface area (Å²) < 4.78 is 1.93. The zero-order valence-electron chi connectivity index (χ0n) is 12.1. The minimum atomic E-state index is 0.637. The van der Waals surface area contributed by atoms with E-state index in [9.17, 15) is 0 Å². The van der Waals surface area contributed by atoms with Gasteiger partial charge in [0.25, 0.3) is 0 Å². The molecule has 0 fully saturated rings. The number of nitrogens with one attached hydrogen (secondary N) is 1. The molecule has 0 radical (unpaired) electrons. The Morgan fingerprint density at radius 3 is 2.85 bits per heavy atom. The summed E-state index contributed by atoms with van der Waals surface area (Å²) >= 11 is 0. The number of imidazole rings is 1. The molecule has 2 heterocycles. The van der Waals surface area contributed by atoms with E-state index in [1.54, 1.807) is 0 Å². The van der Waals surface area contributed by atoms with Gasteiger partial charge >= 0.3 is 0 Å². The Balaban J connectivity index is 2.12. The molecule has 0 unspecified atom stereocenters. The normalized spacial score (nSPS) is 11.4. The van der Waals surface area contributed by atoms with Gasteiger partial charge in [0.1, 0.15) is 5.82 Å². The van der Waals surface area contributed by atoms with E-state index in [0.29, 0.717) is 6.54 Å². The molecule has 0 spiro atoms. The quantitative estimate of drug-likeness (QED) is 0.764. The van der Waals surface area contributed by atoms with Gasteiger partial charge in [0, 0.05) is 24.7 Å². The van der Waals surface area contributed by atoms with Gasteiger partial charge in [-0.2, -0.15) is 5.10 Å². The van der Waals surface area contributed by atoms with Gasteiger partial charge in [-0.05, 0) is 38.1 Å².